The normalized spacial score (nSPS) is 10.7. The number of aromatic nitrogens is 1. The molecule has 0 spiro atoms. The number of para-hydroxylation sites is 1. The van der Waals surface area contributed by atoms with Gasteiger partial charge in [0.1, 0.15) is 12.4 Å². The van der Waals surface area contributed by atoms with Crippen molar-refractivity contribution in [1.82, 2.24) is 10.4 Å². The molecular weight excluding hydrogens is 386 g/mol. The van der Waals surface area contributed by atoms with E-state index in [1.807, 2.05) is 54.6 Å². The summed E-state index contributed by atoms with van der Waals surface area (Å²) in [6, 6.07) is 29.0. The molecule has 1 amide bonds. The molecule has 0 aliphatic carbocycles. The lowest BCUT2D eigenvalue weighted by Gasteiger charge is -2.12. The van der Waals surface area contributed by atoms with Gasteiger partial charge in [-0.3, -0.25) is 9.78 Å². The van der Waals surface area contributed by atoms with E-state index in [-0.39, 0.29) is 5.91 Å². The summed E-state index contributed by atoms with van der Waals surface area (Å²) in [5, 5.41) is 3.98. The van der Waals surface area contributed by atoms with Gasteiger partial charge in [-0.2, -0.15) is 5.10 Å². The molecule has 3 aromatic carbocycles. The Hall–Kier alpha value is -4.25. The third-order valence-corrected chi connectivity index (χ3v) is 4.67. The summed E-state index contributed by atoms with van der Waals surface area (Å²) in [6.07, 6.45) is 4.91. The highest BCUT2D eigenvalue weighted by Gasteiger charge is 2.07. The van der Waals surface area contributed by atoms with Gasteiger partial charge in [0.15, 0.2) is 0 Å². The quantitative estimate of drug-likeness (QED) is 0.343. The number of hydrogen-bond acceptors (Lipinski definition) is 4. The standard InChI is InChI=1S/C26H21N3O2/c30-26(29-28-18-20-14-16-27-17-15-20)23-12-10-21(11-13-23)19-31-25-9-5-4-8-24(25)22-6-2-1-3-7-22/h1-18H,19H2,(H,29,30)/b28-18-. The van der Waals surface area contributed by atoms with Crippen molar-refractivity contribution in [2.75, 3.05) is 0 Å². The molecule has 0 bridgehead atoms. The minimum atomic E-state index is -0.271. The van der Waals surface area contributed by atoms with Crippen LogP contribution < -0.4 is 10.2 Å². The fraction of sp³-hybridized carbons (Fsp3) is 0.0385. The van der Waals surface area contributed by atoms with Crippen molar-refractivity contribution in [2.24, 2.45) is 5.10 Å². The molecule has 0 aliphatic heterocycles. The minimum Gasteiger partial charge on any atom is -0.488 e. The molecule has 4 aromatic rings. The van der Waals surface area contributed by atoms with E-state index in [1.165, 1.54) is 0 Å². The summed E-state index contributed by atoms with van der Waals surface area (Å²) in [7, 11) is 0. The van der Waals surface area contributed by atoms with E-state index in [1.54, 1.807) is 42.9 Å². The van der Waals surface area contributed by atoms with Gasteiger partial charge in [0, 0.05) is 23.5 Å². The Morgan fingerprint density at radius 2 is 1.58 bits per heavy atom. The Bertz CT molecular complexity index is 1160. The van der Waals surface area contributed by atoms with Crippen LogP contribution in [0, 0.1) is 0 Å². The molecule has 5 nitrogen and oxygen atoms in total. The zero-order valence-electron chi connectivity index (χ0n) is 16.8. The Morgan fingerprint density at radius 3 is 2.35 bits per heavy atom. The van der Waals surface area contributed by atoms with Gasteiger partial charge >= 0.3 is 0 Å². The Balaban J connectivity index is 1.36. The number of nitrogens with zero attached hydrogens (tertiary/aromatic N) is 2. The predicted molar refractivity (Wildman–Crippen MR) is 122 cm³/mol. The van der Waals surface area contributed by atoms with E-state index < -0.39 is 0 Å². The van der Waals surface area contributed by atoms with Crippen molar-refractivity contribution >= 4 is 12.1 Å². The Labute approximate surface area is 181 Å². The first kappa shape index (κ1) is 20.0. The second kappa shape index (κ2) is 9.98. The molecule has 0 saturated carbocycles. The summed E-state index contributed by atoms with van der Waals surface area (Å²) in [4.78, 5) is 16.2. The fourth-order valence-electron chi connectivity index (χ4n) is 3.04. The maximum atomic E-state index is 12.3. The average Bonchev–Trinajstić information content (AvgIpc) is 2.84. The highest BCUT2D eigenvalue weighted by molar-refractivity contribution is 5.94. The molecule has 0 saturated heterocycles. The largest absolute Gasteiger partial charge is 0.488 e. The second-order valence-electron chi connectivity index (χ2n) is 6.83. The molecular formula is C26H21N3O2. The number of rotatable bonds is 7. The monoisotopic (exact) mass is 407 g/mol. The lowest BCUT2D eigenvalue weighted by atomic mass is 10.0. The number of carbonyl (C=O) groups is 1. The second-order valence-corrected chi connectivity index (χ2v) is 6.83. The molecule has 0 aliphatic rings. The fourth-order valence-corrected chi connectivity index (χ4v) is 3.04. The number of benzene rings is 3. The topological polar surface area (TPSA) is 63.6 Å². The van der Waals surface area contributed by atoms with Crippen molar-refractivity contribution in [3.05, 3.63) is 120 Å². The van der Waals surface area contributed by atoms with Gasteiger partial charge in [-0.05, 0) is 47.0 Å². The highest BCUT2D eigenvalue weighted by atomic mass is 16.5. The van der Waals surface area contributed by atoms with Crippen LogP contribution in [0.2, 0.25) is 0 Å². The first-order valence-electron chi connectivity index (χ1n) is 9.89. The Morgan fingerprint density at radius 1 is 0.871 bits per heavy atom. The molecule has 4 rings (SSSR count). The molecule has 0 atom stereocenters. The predicted octanol–water partition coefficient (Wildman–Crippen LogP) is 5.09. The summed E-state index contributed by atoms with van der Waals surface area (Å²) >= 11 is 0. The maximum Gasteiger partial charge on any atom is 0.271 e. The molecule has 0 radical (unpaired) electrons. The van der Waals surface area contributed by atoms with Gasteiger partial charge in [0.25, 0.3) is 5.91 Å². The van der Waals surface area contributed by atoms with E-state index in [4.69, 9.17) is 4.74 Å². The van der Waals surface area contributed by atoms with Gasteiger partial charge < -0.3 is 4.74 Å². The number of amides is 1. The molecule has 5 heteroatoms. The molecule has 1 heterocycles. The van der Waals surface area contributed by atoms with E-state index in [0.29, 0.717) is 12.2 Å². The van der Waals surface area contributed by atoms with Crippen LogP contribution in [-0.2, 0) is 6.61 Å². The number of carbonyl (C=O) groups excluding carboxylic acids is 1. The van der Waals surface area contributed by atoms with Crippen LogP contribution in [0.5, 0.6) is 5.75 Å². The van der Waals surface area contributed by atoms with Crippen LogP contribution in [-0.4, -0.2) is 17.1 Å². The SMILES string of the molecule is O=C(N/N=C\c1ccncc1)c1ccc(COc2ccccc2-c2ccccc2)cc1. The summed E-state index contributed by atoms with van der Waals surface area (Å²) < 4.78 is 6.06. The van der Waals surface area contributed by atoms with E-state index in [0.717, 1.165) is 28.0 Å². The van der Waals surface area contributed by atoms with E-state index >= 15 is 0 Å². The highest BCUT2D eigenvalue weighted by Crippen LogP contribution is 2.30. The van der Waals surface area contributed by atoms with Crippen molar-refractivity contribution in [3.8, 4) is 16.9 Å². The summed E-state index contributed by atoms with van der Waals surface area (Å²) in [5.41, 5.74) is 7.05. The van der Waals surface area contributed by atoms with Crippen LogP contribution in [0.15, 0.2) is 108 Å². The lowest BCUT2D eigenvalue weighted by Crippen LogP contribution is -2.17. The third kappa shape index (κ3) is 5.42. The lowest BCUT2D eigenvalue weighted by molar-refractivity contribution is 0.0955. The van der Waals surface area contributed by atoms with Gasteiger partial charge in [-0.25, -0.2) is 5.43 Å². The zero-order valence-corrected chi connectivity index (χ0v) is 16.8. The smallest absolute Gasteiger partial charge is 0.271 e. The van der Waals surface area contributed by atoms with Crippen molar-refractivity contribution in [2.45, 2.75) is 6.61 Å². The third-order valence-electron chi connectivity index (χ3n) is 4.67. The van der Waals surface area contributed by atoms with Crippen molar-refractivity contribution in [1.29, 1.82) is 0 Å². The number of pyridine rings is 1. The van der Waals surface area contributed by atoms with E-state index in [9.17, 15) is 4.79 Å². The zero-order chi connectivity index (χ0) is 21.3. The molecule has 0 unspecified atom stereocenters. The first-order valence-corrected chi connectivity index (χ1v) is 9.89. The van der Waals surface area contributed by atoms with E-state index in [2.05, 4.69) is 27.6 Å². The van der Waals surface area contributed by atoms with Gasteiger partial charge in [0.2, 0.25) is 0 Å². The van der Waals surface area contributed by atoms with Gasteiger partial charge in [0.05, 0.1) is 6.21 Å². The van der Waals surface area contributed by atoms with Crippen LogP contribution in [0.1, 0.15) is 21.5 Å². The molecule has 0 fully saturated rings. The van der Waals surface area contributed by atoms with Crippen LogP contribution >= 0.6 is 0 Å². The molecule has 1 N–H and O–H groups in total. The summed E-state index contributed by atoms with van der Waals surface area (Å²) in [6.45, 7) is 0.409. The number of hydrogen-bond donors (Lipinski definition) is 1. The molecule has 152 valence electrons. The maximum absolute atomic E-state index is 12.3. The molecule has 1 aromatic heterocycles. The van der Waals surface area contributed by atoms with Crippen molar-refractivity contribution in [3.63, 3.8) is 0 Å². The van der Waals surface area contributed by atoms with Crippen LogP contribution in [0.4, 0.5) is 0 Å². The van der Waals surface area contributed by atoms with Crippen LogP contribution in [0.25, 0.3) is 11.1 Å². The van der Waals surface area contributed by atoms with Gasteiger partial charge in [-0.15, -0.1) is 0 Å². The Kier molecular flexibility index (Phi) is 6.45. The summed E-state index contributed by atoms with van der Waals surface area (Å²) in [5.74, 6) is 0.549. The molecule has 31 heavy (non-hydrogen) atoms. The van der Waals surface area contributed by atoms with Gasteiger partial charge in [-0.1, -0.05) is 60.7 Å². The van der Waals surface area contributed by atoms with Crippen molar-refractivity contribution < 1.29 is 9.53 Å². The number of ether oxygens (including phenoxy) is 1. The minimum absolute atomic E-state index is 0.271. The number of nitrogens with one attached hydrogen (secondary N) is 1. The van der Waals surface area contributed by atoms with Crippen LogP contribution in [0.3, 0.4) is 0 Å². The number of hydrazone groups is 1. The first-order chi connectivity index (χ1) is 15.3. The average molecular weight is 407 g/mol.